The summed E-state index contributed by atoms with van der Waals surface area (Å²) in [5.74, 6) is -0.0459. The SMILES string of the molecule is CCC(C)(C)CNC(=O)c1ccc2nc(N)sc2c1. The minimum absolute atomic E-state index is 0.0459. The zero-order valence-electron chi connectivity index (χ0n) is 11.5. The molecular weight excluding hydrogens is 258 g/mol. The third-order valence-electron chi connectivity index (χ3n) is 3.35. The van der Waals surface area contributed by atoms with Crippen molar-refractivity contribution in [2.75, 3.05) is 12.3 Å². The Morgan fingerprint density at radius 1 is 1.47 bits per heavy atom. The van der Waals surface area contributed by atoms with Gasteiger partial charge in [0.25, 0.3) is 5.91 Å². The van der Waals surface area contributed by atoms with E-state index in [0.29, 0.717) is 17.2 Å². The lowest BCUT2D eigenvalue weighted by molar-refractivity contribution is 0.0936. The molecule has 102 valence electrons. The molecule has 0 bridgehead atoms. The number of carbonyl (C=O) groups is 1. The van der Waals surface area contributed by atoms with Gasteiger partial charge in [-0.05, 0) is 30.0 Å². The number of nitrogens with zero attached hydrogens (tertiary/aromatic N) is 1. The first-order valence-electron chi connectivity index (χ1n) is 6.35. The van der Waals surface area contributed by atoms with Gasteiger partial charge in [0.2, 0.25) is 0 Å². The lowest BCUT2D eigenvalue weighted by Gasteiger charge is -2.22. The summed E-state index contributed by atoms with van der Waals surface area (Å²) in [7, 11) is 0. The van der Waals surface area contributed by atoms with Crippen molar-refractivity contribution in [3.05, 3.63) is 23.8 Å². The Kier molecular flexibility index (Phi) is 3.75. The summed E-state index contributed by atoms with van der Waals surface area (Å²) in [6, 6.07) is 5.47. The first kappa shape index (κ1) is 13.8. The summed E-state index contributed by atoms with van der Waals surface area (Å²) in [5, 5.41) is 3.50. The number of hydrogen-bond acceptors (Lipinski definition) is 4. The molecule has 0 atom stereocenters. The third-order valence-corrected chi connectivity index (χ3v) is 4.20. The molecular formula is C14H19N3OS. The van der Waals surface area contributed by atoms with Crippen molar-refractivity contribution in [1.82, 2.24) is 10.3 Å². The maximum absolute atomic E-state index is 12.1. The van der Waals surface area contributed by atoms with E-state index in [4.69, 9.17) is 5.73 Å². The number of nitrogens with two attached hydrogens (primary N) is 1. The Morgan fingerprint density at radius 2 is 2.21 bits per heavy atom. The molecule has 1 aromatic carbocycles. The molecule has 1 heterocycles. The largest absolute Gasteiger partial charge is 0.375 e. The van der Waals surface area contributed by atoms with Gasteiger partial charge in [0.05, 0.1) is 10.2 Å². The fourth-order valence-corrected chi connectivity index (χ4v) is 2.40. The molecule has 0 spiro atoms. The third kappa shape index (κ3) is 3.23. The number of amides is 1. The molecule has 19 heavy (non-hydrogen) atoms. The number of fused-ring (bicyclic) bond motifs is 1. The van der Waals surface area contributed by atoms with Crippen molar-refractivity contribution < 1.29 is 4.79 Å². The predicted molar refractivity (Wildman–Crippen MR) is 80.4 cm³/mol. The van der Waals surface area contributed by atoms with Crippen molar-refractivity contribution >= 4 is 32.6 Å². The number of carbonyl (C=O) groups excluding carboxylic acids is 1. The van der Waals surface area contributed by atoms with E-state index in [0.717, 1.165) is 16.6 Å². The number of thiazole rings is 1. The van der Waals surface area contributed by atoms with Gasteiger partial charge in [0.1, 0.15) is 0 Å². The number of hydrogen-bond donors (Lipinski definition) is 2. The molecule has 0 radical (unpaired) electrons. The van der Waals surface area contributed by atoms with Crippen LogP contribution in [0.1, 0.15) is 37.6 Å². The number of nitrogen functional groups attached to an aromatic ring is 1. The summed E-state index contributed by atoms with van der Waals surface area (Å²) >= 11 is 1.40. The Hall–Kier alpha value is -1.62. The van der Waals surface area contributed by atoms with E-state index in [2.05, 4.69) is 31.1 Å². The van der Waals surface area contributed by atoms with Gasteiger partial charge in [-0.25, -0.2) is 4.98 Å². The molecule has 0 aliphatic carbocycles. The average Bonchev–Trinajstić information content (AvgIpc) is 2.75. The van der Waals surface area contributed by atoms with Crippen LogP contribution < -0.4 is 11.1 Å². The van der Waals surface area contributed by atoms with Gasteiger partial charge in [-0.1, -0.05) is 32.1 Å². The van der Waals surface area contributed by atoms with E-state index in [1.807, 2.05) is 12.1 Å². The zero-order chi connectivity index (χ0) is 14.0. The summed E-state index contributed by atoms with van der Waals surface area (Å²) in [4.78, 5) is 16.3. The lowest BCUT2D eigenvalue weighted by Crippen LogP contribution is -2.33. The van der Waals surface area contributed by atoms with Crippen LogP contribution in [0.2, 0.25) is 0 Å². The van der Waals surface area contributed by atoms with E-state index in [-0.39, 0.29) is 11.3 Å². The molecule has 2 rings (SSSR count). The fourth-order valence-electron chi connectivity index (χ4n) is 1.63. The highest BCUT2D eigenvalue weighted by molar-refractivity contribution is 7.22. The van der Waals surface area contributed by atoms with Crippen LogP contribution in [-0.2, 0) is 0 Å². The van der Waals surface area contributed by atoms with Gasteiger partial charge >= 0.3 is 0 Å². The highest BCUT2D eigenvalue weighted by atomic mass is 32.1. The Morgan fingerprint density at radius 3 is 2.89 bits per heavy atom. The number of aromatic nitrogens is 1. The Balaban J connectivity index is 2.13. The van der Waals surface area contributed by atoms with Gasteiger partial charge in [0, 0.05) is 12.1 Å². The Bertz CT molecular complexity index is 604. The molecule has 1 aromatic heterocycles. The van der Waals surface area contributed by atoms with Crippen LogP contribution in [0, 0.1) is 5.41 Å². The van der Waals surface area contributed by atoms with Crippen molar-refractivity contribution in [3.8, 4) is 0 Å². The van der Waals surface area contributed by atoms with Gasteiger partial charge in [-0.3, -0.25) is 4.79 Å². The first-order valence-corrected chi connectivity index (χ1v) is 7.17. The monoisotopic (exact) mass is 277 g/mol. The van der Waals surface area contributed by atoms with Crippen LogP contribution in [0.5, 0.6) is 0 Å². The van der Waals surface area contributed by atoms with E-state index in [1.54, 1.807) is 6.07 Å². The molecule has 3 N–H and O–H groups in total. The van der Waals surface area contributed by atoms with Crippen molar-refractivity contribution in [1.29, 1.82) is 0 Å². The highest BCUT2D eigenvalue weighted by Crippen LogP contribution is 2.24. The molecule has 5 heteroatoms. The Labute approximate surface area is 117 Å². The second-order valence-corrected chi connectivity index (χ2v) is 6.50. The normalized spacial score (nSPS) is 11.7. The summed E-state index contributed by atoms with van der Waals surface area (Å²) in [6.07, 6.45) is 1.03. The van der Waals surface area contributed by atoms with Gasteiger partial charge < -0.3 is 11.1 Å². The maximum atomic E-state index is 12.1. The molecule has 0 fully saturated rings. The van der Waals surface area contributed by atoms with Crippen molar-refractivity contribution in [3.63, 3.8) is 0 Å². The van der Waals surface area contributed by atoms with Crippen LogP contribution in [0.4, 0.5) is 5.13 Å². The molecule has 0 unspecified atom stereocenters. The molecule has 0 saturated carbocycles. The van der Waals surface area contributed by atoms with Crippen LogP contribution in [0.15, 0.2) is 18.2 Å². The van der Waals surface area contributed by atoms with E-state index >= 15 is 0 Å². The van der Waals surface area contributed by atoms with Crippen molar-refractivity contribution in [2.24, 2.45) is 5.41 Å². The first-order chi connectivity index (χ1) is 8.91. The second kappa shape index (κ2) is 5.17. The van der Waals surface area contributed by atoms with Crippen LogP contribution in [-0.4, -0.2) is 17.4 Å². The van der Waals surface area contributed by atoms with Gasteiger partial charge in [-0.2, -0.15) is 0 Å². The number of anilines is 1. The predicted octanol–water partition coefficient (Wildman–Crippen LogP) is 3.04. The smallest absolute Gasteiger partial charge is 0.251 e. The highest BCUT2D eigenvalue weighted by Gasteiger charge is 2.17. The molecule has 4 nitrogen and oxygen atoms in total. The maximum Gasteiger partial charge on any atom is 0.251 e. The molecule has 2 aromatic rings. The van der Waals surface area contributed by atoms with Crippen molar-refractivity contribution in [2.45, 2.75) is 27.2 Å². The summed E-state index contributed by atoms with van der Waals surface area (Å²) < 4.78 is 0.944. The fraction of sp³-hybridized carbons (Fsp3) is 0.429. The van der Waals surface area contributed by atoms with Gasteiger partial charge in [-0.15, -0.1) is 0 Å². The van der Waals surface area contributed by atoms with Crippen LogP contribution in [0.3, 0.4) is 0 Å². The summed E-state index contributed by atoms with van der Waals surface area (Å²) in [5.41, 5.74) is 7.27. The quantitative estimate of drug-likeness (QED) is 0.902. The molecule has 0 aliphatic rings. The average molecular weight is 277 g/mol. The van der Waals surface area contributed by atoms with Gasteiger partial charge in [0.15, 0.2) is 5.13 Å². The molecule has 1 amide bonds. The van der Waals surface area contributed by atoms with E-state index < -0.39 is 0 Å². The zero-order valence-corrected chi connectivity index (χ0v) is 12.3. The summed E-state index contributed by atoms with van der Waals surface area (Å²) in [6.45, 7) is 7.07. The topological polar surface area (TPSA) is 68.0 Å². The number of rotatable bonds is 4. The molecule has 0 saturated heterocycles. The number of benzene rings is 1. The standard InChI is InChI=1S/C14H19N3OS/c1-4-14(2,3)8-16-12(18)9-5-6-10-11(7-9)19-13(15)17-10/h5-7H,4,8H2,1-3H3,(H2,15,17)(H,16,18). The minimum atomic E-state index is -0.0459. The number of nitrogens with one attached hydrogen (secondary N) is 1. The second-order valence-electron chi connectivity index (χ2n) is 5.44. The van der Waals surface area contributed by atoms with E-state index in [1.165, 1.54) is 11.3 Å². The van der Waals surface area contributed by atoms with Crippen LogP contribution >= 0.6 is 11.3 Å². The van der Waals surface area contributed by atoms with E-state index in [9.17, 15) is 4.79 Å². The molecule has 0 aliphatic heterocycles. The lowest BCUT2D eigenvalue weighted by atomic mass is 9.90. The minimum Gasteiger partial charge on any atom is -0.375 e. The van der Waals surface area contributed by atoms with Crippen LogP contribution in [0.25, 0.3) is 10.2 Å².